The van der Waals surface area contributed by atoms with Crippen molar-refractivity contribution in [1.82, 2.24) is 13.9 Å². The van der Waals surface area contributed by atoms with Crippen molar-refractivity contribution < 1.29 is 17.9 Å². The van der Waals surface area contributed by atoms with Crippen LogP contribution in [0, 0.1) is 0 Å². The zero-order valence-corrected chi connectivity index (χ0v) is 17.4. The van der Waals surface area contributed by atoms with Gasteiger partial charge in [0.15, 0.2) is 0 Å². The molecule has 0 amide bonds. The van der Waals surface area contributed by atoms with Crippen molar-refractivity contribution >= 4 is 21.8 Å². The molecule has 0 aromatic heterocycles. The summed E-state index contributed by atoms with van der Waals surface area (Å²) in [6.45, 7) is 7.48. The molecule has 0 spiro atoms. The Morgan fingerprint density at radius 1 is 1.19 bits per heavy atom. The van der Waals surface area contributed by atoms with E-state index in [0.29, 0.717) is 31.3 Å². The Balaban J connectivity index is 1.75. The van der Waals surface area contributed by atoms with Crippen LogP contribution in [0.2, 0.25) is 5.02 Å². The lowest BCUT2D eigenvalue weighted by molar-refractivity contribution is -0.0444. The van der Waals surface area contributed by atoms with Crippen molar-refractivity contribution in [2.24, 2.45) is 0 Å². The molecule has 0 unspecified atom stereocenters. The number of hydrogen-bond acceptors (Lipinski definition) is 5. The first kappa shape index (κ1) is 21.0. The van der Waals surface area contributed by atoms with Gasteiger partial charge in [-0.2, -0.15) is 12.7 Å². The lowest BCUT2D eigenvalue weighted by atomic mass is 10.0. The van der Waals surface area contributed by atoms with E-state index < -0.39 is 10.2 Å². The molecule has 1 aromatic carbocycles. The van der Waals surface area contributed by atoms with Gasteiger partial charge in [-0.3, -0.25) is 4.90 Å². The number of halogens is 1. The van der Waals surface area contributed by atoms with Gasteiger partial charge in [0.05, 0.1) is 31.5 Å². The van der Waals surface area contributed by atoms with Gasteiger partial charge in [-0.25, -0.2) is 4.72 Å². The Morgan fingerprint density at radius 3 is 2.44 bits per heavy atom. The molecule has 3 rings (SSSR count). The fraction of sp³-hybridized carbons (Fsp3) is 0.667. The van der Waals surface area contributed by atoms with Crippen molar-refractivity contribution in [3.63, 3.8) is 0 Å². The Bertz CT molecular complexity index is 717. The summed E-state index contributed by atoms with van der Waals surface area (Å²) in [6, 6.07) is 7.45. The Hall–Kier alpha value is -0.740. The highest BCUT2D eigenvalue weighted by Gasteiger charge is 2.32. The zero-order valence-electron chi connectivity index (χ0n) is 15.8. The second kappa shape index (κ2) is 9.17. The number of nitrogens with one attached hydrogen (secondary N) is 1. The Kier molecular flexibility index (Phi) is 7.13. The number of hydrogen-bond donors (Lipinski definition) is 1. The van der Waals surface area contributed by atoms with Gasteiger partial charge in [-0.1, -0.05) is 29.8 Å². The molecule has 0 aliphatic carbocycles. The van der Waals surface area contributed by atoms with Gasteiger partial charge < -0.3 is 9.47 Å². The van der Waals surface area contributed by atoms with Crippen LogP contribution >= 0.6 is 11.6 Å². The molecule has 2 aliphatic heterocycles. The highest BCUT2D eigenvalue weighted by Crippen LogP contribution is 2.28. The second-order valence-electron chi connectivity index (χ2n) is 7.11. The van der Waals surface area contributed by atoms with Crippen molar-refractivity contribution in [2.75, 3.05) is 45.9 Å². The van der Waals surface area contributed by atoms with Crippen LogP contribution in [0.4, 0.5) is 0 Å². The van der Waals surface area contributed by atoms with Gasteiger partial charge in [-0.05, 0) is 25.5 Å². The van der Waals surface area contributed by atoms with Gasteiger partial charge >= 0.3 is 0 Å². The minimum Gasteiger partial charge on any atom is -0.379 e. The lowest BCUT2D eigenvalue weighted by Crippen LogP contribution is -2.53. The molecule has 2 fully saturated rings. The molecule has 2 aliphatic rings. The van der Waals surface area contributed by atoms with Crippen LogP contribution in [0.5, 0.6) is 0 Å². The smallest absolute Gasteiger partial charge is 0.279 e. The Morgan fingerprint density at radius 2 is 1.81 bits per heavy atom. The van der Waals surface area contributed by atoms with Crippen LogP contribution in [0.15, 0.2) is 24.3 Å². The van der Waals surface area contributed by atoms with E-state index in [2.05, 4.69) is 9.62 Å². The van der Waals surface area contributed by atoms with Crippen LogP contribution in [-0.4, -0.2) is 75.8 Å². The standard InChI is InChI=1S/C18H28ClN3O4S/c1-14-12-22(13-15(2)26-14)27(23,24)20-11-18(21-7-9-25-10-8-21)16-5-3-4-6-17(16)19/h3-6,14-15,18,20H,7-13H2,1-2H3/t14-,15+,18-/m1/s1. The van der Waals surface area contributed by atoms with Gasteiger partial charge in [0.2, 0.25) is 0 Å². The molecule has 0 saturated carbocycles. The van der Waals surface area contributed by atoms with Crippen LogP contribution in [0.3, 0.4) is 0 Å². The highest BCUT2D eigenvalue weighted by atomic mass is 35.5. The molecule has 152 valence electrons. The monoisotopic (exact) mass is 417 g/mol. The maximum Gasteiger partial charge on any atom is 0.279 e. The van der Waals surface area contributed by atoms with Crippen molar-refractivity contribution in [2.45, 2.75) is 32.1 Å². The van der Waals surface area contributed by atoms with Gasteiger partial charge in [0.25, 0.3) is 10.2 Å². The van der Waals surface area contributed by atoms with Crippen molar-refractivity contribution in [3.8, 4) is 0 Å². The summed E-state index contributed by atoms with van der Waals surface area (Å²) in [6.07, 6.45) is -0.243. The van der Waals surface area contributed by atoms with E-state index in [-0.39, 0.29) is 24.8 Å². The van der Waals surface area contributed by atoms with Crippen LogP contribution < -0.4 is 4.72 Å². The average Bonchev–Trinajstić information content (AvgIpc) is 2.63. The van der Waals surface area contributed by atoms with Crippen LogP contribution in [0.25, 0.3) is 0 Å². The molecule has 1 N–H and O–H groups in total. The van der Waals surface area contributed by atoms with Crippen LogP contribution in [0.1, 0.15) is 25.5 Å². The first-order valence-electron chi connectivity index (χ1n) is 9.33. The van der Waals surface area contributed by atoms with Gasteiger partial charge in [0.1, 0.15) is 0 Å². The number of rotatable bonds is 6. The summed E-state index contributed by atoms with van der Waals surface area (Å²) in [4.78, 5) is 2.22. The summed E-state index contributed by atoms with van der Waals surface area (Å²) in [7, 11) is -3.60. The van der Waals surface area contributed by atoms with E-state index in [4.69, 9.17) is 21.1 Å². The number of morpholine rings is 2. The molecule has 2 saturated heterocycles. The van der Waals surface area contributed by atoms with E-state index in [0.717, 1.165) is 18.7 Å². The lowest BCUT2D eigenvalue weighted by Gasteiger charge is -2.37. The molecule has 0 bridgehead atoms. The topological polar surface area (TPSA) is 71.1 Å². The first-order valence-corrected chi connectivity index (χ1v) is 11.1. The van der Waals surface area contributed by atoms with E-state index in [9.17, 15) is 8.42 Å². The molecular weight excluding hydrogens is 390 g/mol. The maximum atomic E-state index is 12.9. The Labute approximate surface area is 166 Å². The molecule has 2 heterocycles. The molecule has 27 heavy (non-hydrogen) atoms. The van der Waals surface area contributed by atoms with E-state index in [1.807, 2.05) is 38.1 Å². The molecule has 7 nitrogen and oxygen atoms in total. The summed E-state index contributed by atoms with van der Waals surface area (Å²) >= 11 is 6.41. The fourth-order valence-electron chi connectivity index (χ4n) is 3.67. The second-order valence-corrected chi connectivity index (χ2v) is 9.28. The van der Waals surface area contributed by atoms with E-state index in [1.54, 1.807) is 0 Å². The molecular formula is C18H28ClN3O4S. The summed E-state index contributed by atoms with van der Waals surface area (Å²) in [5, 5.41) is 0.641. The minimum atomic E-state index is -3.60. The van der Waals surface area contributed by atoms with E-state index in [1.165, 1.54) is 4.31 Å². The summed E-state index contributed by atoms with van der Waals surface area (Å²) in [5.41, 5.74) is 0.924. The normalized spacial score (nSPS) is 26.8. The zero-order chi connectivity index (χ0) is 19.4. The maximum absolute atomic E-state index is 12.9. The molecule has 1 aromatic rings. The first-order chi connectivity index (χ1) is 12.9. The largest absolute Gasteiger partial charge is 0.379 e. The minimum absolute atomic E-state index is 0.121. The quantitative estimate of drug-likeness (QED) is 0.762. The fourth-order valence-corrected chi connectivity index (χ4v) is 5.30. The van der Waals surface area contributed by atoms with Gasteiger partial charge in [0, 0.05) is 37.7 Å². The molecule has 9 heteroatoms. The van der Waals surface area contributed by atoms with Crippen molar-refractivity contribution in [1.29, 1.82) is 0 Å². The molecule has 0 radical (unpaired) electrons. The predicted molar refractivity (Wildman–Crippen MR) is 105 cm³/mol. The third-order valence-corrected chi connectivity index (χ3v) is 6.79. The predicted octanol–water partition coefficient (Wildman–Crippen LogP) is 1.66. The summed E-state index contributed by atoms with van der Waals surface area (Å²) < 4.78 is 41.1. The third-order valence-electron chi connectivity index (χ3n) is 4.94. The number of nitrogens with zero attached hydrogens (tertiary/aromatic N) is 2. The number of ether oxygens (including phenoxy) is 2. The highest BCUT2D eigenvalue weighted by molar-refractivity contribution is 7.87. The van der Waals surface area contributed by atoms with Crippen molar-refractivity contribution in [3.05, 3.63) is 34.9 Å². The SMILES string of the molecule is C[C@@H]1CN(S(=O)(=O)NC[C@H](c2ccccc2Cl)N2CCOCC2)C[C@H](C)O1. The van der Waals surface area contributed by atoms with E-state index >= 15 is 0 Å². The third kappa shape index (κ3) is 5.41. The van der Waals surface area contributed by atoms with Gasteiger partial charge in [-0.15, -0.1) is 0 Å². The number of benzene rings is 1. The van der Waals surface area contributed by atoms with Crippen LogP contribution in [-0.2, 0) is 19.7 Å². The average molecular weight is 418 g/mol. The molecule has 3 atom stereocenters. The summed E-state index contributed by atoms with van der Waals surface area (Å²) in [5.74, 6) is 0.